The summed E-state index contributed by atoms with van der Waals surface area (Å²) in [4.78, 5) is 10.9. The number of carboxylic acid groups (broad SMARTS) is 1. The maximum absolute atomic E-state index is 10.9. The summed E-state index contributed by atoms with van der Waals surface area (Å²) in [6.07, 6.45) is 2.81. The van der Waals surface area contributed by atoms with E-state index in [2.05, 4.69) is 28.0 Å². The van der Waals surface area contributed by atoms with Crippen molar-refractivity contribution in [1.29, 1.82) is 0 Å². The molecule has 1 aromatic carbocycles. The van der Waals surface area contributed by atoms with Crippen molar-refractivity contribution in [3.63, 3.8) is 0 Å². The fraction of sp³-hybridized carbons (Fsp3) is 0.0909. The molecule has 80 valence electrons. The Labute approximate surface area is 105 Å². The van der Waals surface area contributed by atoms with Crippen LogP contribution in [0.2, 0.25) is 0 Å². The molecule has 3 rings (SSSR count). The Bertz CT molecular complexity index is 604. The molecule has 0 amide bonds. The summed E-state index contributed by atoms with van der Waals surface area (Å²) < 4.78 is 1.73. The van der Waals surface area contributed by atoms with Gasteiger partial charge in [-0.1, -0.05) is 6.07 Å². The van der Waals surface area contributed by atoms with Gasteiger partial charge in [-0.2, -0.15) is 5.10 Å². The Kier molecular flexibility index (Phi) is 2.03. The predicted molar refractivity (Wildman–Crippen MR) is 66.8 cm³/mol. The maximum atomic E-state index is 10.9. The van der Waals surface area contributed by atoms with Gasteiger partial charge in [0.15, 0.2) is 0 Å². The van der Waals surface area contributed by atoms with Crippen molar-refractivity contribution in [3.05, 3.63) is 41.1 Å². The zero-order valence-electron chi connectivity index (χ0n) is 8.14. The summed E-state index contributed by atoms with van der Waals surface area (Å²) in [5, 5.41) is 13.3. The second-order valence-corrected chi connectivity index (χ2v) is 4.73. The molecule has 0 spiro atoms. The molecule has 1 aliphatic rings. The zero-order chi connectivity index (χ0) is 11.3. The van der Waals surface area contributed by atoms with Crippen molar-refractivity contribution < 1.29 is 9.90 Å². The van der Waals surface area contributed by atoms with Crippen molar-refractivity contribution in [1.82, 2.24) is 7.99 Å². The SMILES string of the molecule is O=C(O)c1ccc2c(c1)-c1nn(I)cc1C2. The highest BCUT2D eigenvalue weighted by Crippen LogP contribution is 2.36. The third-order valence-electron chi connectivity index (χ3n) is 2.75. The van der Waals surface area contributed by atoms with Crippen LogP contribution >= 0.6 is 22.9 Å². The smallest absolute Gasteiger partial charge is 0.335 e. The third kappa shape index (κ3) is 1.35. The van der Waals surface area contributed by atoms with Crippen molar-refractivity contribution in [2.24, 2.45) is 0 Å². The Hall–Kier alpha value is -1.37. The minimum absolute atomic E-state index is 0.314. The molecule has 0 saturated carbocycles. The van der Waals surface area contributed by atoms with Gasteiger partial charge >= 0.3 is 5.97 Å². The average Bonchev–Trinajstić information content (AvgIpc) is 2.72. The Morgan fingerprint density at radius 2 is 2.25 bits per heavy atom. The maximum Gasteiger partial charge on any atom is 0.335 e. The van der Waals surface area contributed by atoms with E-state index in [1.54, 1.807) is 15.0 Å². The molecule has 0 atom stereocenters. The minimum Gasteiger partial charge on any atom is -0.478 e. The van der Waals surface area contributed by atoms with Gasteiger partial charge < -0.3 is 5.11 Å². The first kappa shape index (κ1) is 9.83. The van der Waals surface area contributed by atoms with E-state index < -0.39 is 5.97 Å². The van der Waals surface area contributed by atoms with Crippen LogP contribution in [0.3, 0.4) is 0 Å². The van der Waals surface area contributed by atoms with Crippen molar-refractivity contribution >= 4 is 28.8 Å². The lowest BCUT2D eigenvalue weighted by molar-refractivity contribution is 0.0697. The van der Waals surface area contributed by atoms with Gasteiger partial charge in [0, 0.05) is 23.7 Å². The first-order valence-corrected chi connectivity index (χ1v) is 5.73. The standard InChI is InChI=1S/C11H7IN2O2/c12-14-5-8-3-6-1-2-7(11(15)16)4-9(6)10(8)13-14/h1-2,4-5H,3H2,(H,15,16). The van der Waals surface area contributed by atoms with Gasteiger partial charge in [0.05, 0.1) is 34.1 Å². The fourth-order valence-corrected chi connectivity index (χ4v) is 2.58. The van der Waals surface area contributed by atoms with Crippen LogP contribution in [0.4, 0.5) is 0 Å². The number of hydrogen-bond acceptors (Lipinski definition) is 2. The molecule has 1 aromatic heterocycles. The van der Waals surface area contributed by atoms with E-state index >= 15 is 0 Å². The molecule has 0 unspecified atom stereocenters. The van der Waals surface area contributed by atoms with Crippen molar-refractivity contribution in [2.45, 2.75) is 6.42 Å². The minimum atomic E-state index is -0.898. The van der Waals surface area contributed by atoms with E-state index in [1.165, 1.54) is 0 Å². The van der Waals surface area contributed by atoms with Gasteiger partial charge in [-0.3, -0.25) is 0 Å². The van der Waals surface area contributed by atoms with Crippen LogP contribution in [0, 0.1) is 0 Å². The summed E-state index contributed by atoms with van der Waals surface area (Å²) in [6, 6.07) is 5.22. The van der Waals surface area contributed by atoms with Crippen LogP contribution < -0.4 is 0 Å². The van der Waals surface area contributed by atoms with E-state index in [0.29, 0.717) is 5.56 Å². The normalized spacial score (nSPS) is 12.3. The second-order valence-electron chi connectivity index (χ2n) is 3.75. The lowest BCUT2D eigenvalue weighted by atomic mass is 10.1. The first-order chi connectivity index (χ1) is 7.65. The number of carbonyl (C=O) groups is 1. The number of fused-ring (bicyclic) bond motifs is 3. The van der Waals surface area contributed by atoms with Gasteiger partial charge in [0.2, 0.25) is 0 Å². The van der Waals surface area contributed by atoms with Crippen LogP contribution in [-0.4, -0.2) is 19.1 Å². The summed E-state index contributed by atoms with van der Waals surface area (Å²) in [7, 11) is 0. The van der Waals surface area contributed by atoms with E-state index in [-0.39, 0.29) is 0 Å². The Balaban J connectivity index is 2.20. The molecule has 0 fully saturated rings. The Morgan fingerprint density at radius 1 is 1.44 bits per heavy atom. The van der Waals surface area contributed by atoms with Crippen LogP contribution in [0.1, 0.15) is 21.5 Å². The quantitative estimate of drug-likeness (QED) is 0.699. The highest BCUT2D eigenvalue weighted by molar-refractivity contribution is 14.1. The number of aromatic nitrogens is 2. The highest BCUT2D eigenvalue weighted by atomic mass is 127. The van der Waals surface area contributed by atoms with Gasteiger partial charge in [0.25, 0.3) is 0 Å². The molecular formula is C11H7IN2O2. The first-order valence-electron chi connectivity index (χ1n) is 4.76. The lowest BCUT2D eigenvalue weighted by Crippen LogP contribution is -1.97. The molecule has 5 heteroatoms. The number of aromatic carboxylic acids is 1. The number of rotatable bonds is 1. The number of carboxylic acids is 1. The molecule has 1 aliphatic carbocycles. The lowest BCUT2D eigenvalue weighted by Gasteiger charge is -2.00. The number of benzene rings is 1. The van der Waals surface area contributed by atoms with Gasteiger partial charge in [0.1, 0.15) is 0 Å². The summed E-state index contributed by atoms with van der Waals surface area (Å²) in [5.41, 5.74) is 4.49. The topological polar surface area (TPSA) is 55.1 Å². The average molecular weight is 326 g/mol. The van der Waals surface area contributed by atoms with Gasteiger partial charge in [-0.15, -0.1) is 0 Å². The van der Waals surface area contributed by atoms with E-state index in [1.807, 2.05) is 12.3 Å². The molecular weight excluding hydrogens is 319 g/mol. The molecule has 4 nitrogen and oxygen atoms in total. The summed E-state index contributed by atoms with van der Waals surface area (Å²) >= 11 is 2.09. The van der Waals surface area contributed by atoms with Crippen LogP contribution in [0.5, 0.6) is 0 Å². The van der Waals surface area contributed by atoms with Crippen LogP contribution in [0.15, 0.2) is 24.4 Å². The largest absolute Gasteiger partial charge is 0.478 e. The second kappa shape index (κ2) is 3.31. The number of halogens is 1. The molecule has 16 heavy (non-hydrogen) atoms. The van der Waals surface area contributed by atoms with Crippen LogP contribution in [-0.2, 0) is 6.42 Å². The molecule has 0 bridgehead atoms. The van der Waals surface area contributed by atoms with Crippen LogP contribution in [0.25, 0.3) is 11.3 Å². The van der Waals surface area contributed by atoms with Crippen molar-refractivity contribution in [2.75, 3.05) is 0 Å². The zero-order valence-corrected chi connectivity index (χ0v) is 10.3. The summed E-state index contributed by atoms with van der Waals surface area (Å²) in [5.74, 6) is -0.898. The number of nitrogens with zero attached hydrogens (tertiary/aromatic N) is 2. The number of hydrogen-bond donors (Lipinski definition) is 1. The molecule has 0 radical (unpaired) electrons. The predicted octanol–water partition coefficient (Wildman–Crippen LogP) is 2.35. The van der Waals surface area contributed by atoms with Gasteiger partial charge in [-0.25, -0.2) is 7.69 Å². The highest BCUT2D eigenvalue weighted by Gasteiger charge is 2.23. The van der Waals surface area contributed by atoms with E-state index in [9.17, 15) is 4.79 Å². The Morgan fingerprint density at radius 3 is 3.00 bits per heavy atom. The fourth-order valence-electron chi connectivity index (χ4n) is 2.02. The molecule has 1 heterocycles. The third-order valence-corrected chi connectivity index (χ3v) is 3.25. The van der Waals surface area contributed by atoms with Gasteiger partial charge in [-0.05, 0) is 17.7 Å². The van der Waals surface area contributed by atoms with E-state index in [4.69, 9.17) is 5.11 Å². The monoisotopic (exact) mass is 326 g/mol. The van der Waals surface area contributed by atoms with E-state index in [0.717, 1.165) is 28.8 Å². The van der Waals surface area contributed by atoms with Crippen molar-refractivity contribution in [3.8, 4) is 11.3 Å². The molecule has 2 aromatic rings. The summed E-state index contributed by atoms with van der Waals surface area (Å²) in [6.45, 7) is 0. The molecule has 0 saturated heterocycles. The molecule has 0 aliphatic heterocycles. The molecule has 1 N–H and O–H groups in total.